The Labute approximate surface area is 138 Å². The van der Waals surface area contributed by atoms with E-state index >= 15 is 0 Å². The smallest absolute Gasteiger partial charge is 0.339 e. The first kappa shape index (κ1) is 17.1. The number of aryl methyl sites for hydroxylation is 1. The van der Waals surface area contributed by atoms with Crippen molar-refractivity contribution in [3.63, 3.8) is 0 Å². The highest BCUT2D eigenvalue weighted by Crippen LogP contribution is 2.24. The topological polar surface area (TPSA) is 55.1 Å². The third kappa shape index (κ3) is 4.20. The lowest BCUT2D eigenvalue weighted by Gasteiger charge is -2.09. The van der Waals surface area contributed by atoms with Gasteiger partial charge in [0.15, 0.2) is 11.5 Å². The van der Waals surface area contributed by atoms with Crippen LogP contribution in [0.3, 0.4) is 0 Å². The Kier molecular flexibility index (Phi) is 4.51. The molecule has 0 saturated heterocycles. The van der Waals surface area contributed by atoms with Crippen LogP contribution in [0.25, 0.3) is 5.65 Å². The molecule has 132 valence electrons. The molecule has 2 aromatic heterocycles. The molecule has 25 heavy (non-hydrogen) atoms. The quantitative estimate of drug-likeness (QED) is 0.692. The van der Waals surface area contributed by atoms with E-state index in [0.29, 0.717) is 11.3 Å². The molecular weight excluding hydrogens is 345 g/mol. The monoisotopic (exact) mass is 357 g/mol. The second kappa shape index (κ2) is 6.61. The second-order valence-corrected chi connectivity index (χ2v) is 5.29. The van der Waals surface area contributed by atoms with E-state index in [1.165, 1.54) is 12.1 Å². The van der Waals surface area contributed by atoms with E-state index in [4.69, 9.17) is 0 Å². The number of rotatable bonds is 5. The largest absolute Gasteiger partial charge is 0.389 e. The van der Waals surface area contributed by atoms with Crippen LogP contribution < -0.4 is 5.32 Å². The van der Waals surface area contributed by atoms with E-state index in [1.807, 2.05) is 0 Å². The molecule has 0 bridgehead atoms. The van der Waals surface area contributed by atoms with Gasteiger partial charge >= 0.3 is 6.18 Å². The van der Waals surface area contributed by atoms with Crippen molar-refractivity contribution in [2.24, 2.45) is 0 Å². The van der Waals surface area contributed by atoms with Gasteiger partial charge in [0, 0.05) is 12.1 Å². The average molecular weight is 357 g/mol. The van der Waals surface area contributed by atoms with Crippen molar-refractivity contribution >= 4 is 17.2 Å². The van der Waals surface area contributed by atoms with Crippen molar-refractivity contribution in [3.8, 4) is 0 Å². The Morgan fingerprint density at radius 1 is 1.08 bits per heavy atom. The minimum Gasteiger partial charge on any atom is -0.339 e. The normalized spacial score (nSPS) is 12.1. The van der Waals surface area contributed by atoms with Gasteiger partial charge in [-0.2, -0.15) is 17.7 Å². The van der Waals surface area contributed by atoms with Gasteiger partial charge in [0.1, 0.15) is 0 Å². The van der Waals surface area contributed by atoms with Crippen molar-refractivity contribution in [3.05, 3.63) is 47.8 Å². The molecule has 10 heteroatoms. The van der Waals surface area contributed by atoms with Crippen LogP contribution in [0.15, 0.2) is 36.4 Å². The molecule has 0 aliphatic heterocycles. The number of hydrogen-bond donors (Lipinski definition) is 1. The number of nitrogens with one attached hydrogen (secondary N) is 1. The summed E-state index contributed by atoms with van der Waals surface area (Å²) in [5, 5.41) is 13.8. The highest BCUT2D eigenvalue weighted by atomic mass is 19.4. The van der Waals surface area contributed by atoms with Crippen LogP contribution in [-0.4, -0.2) is 26.0 Å². The fourth-order valence-electron chi connectivity index (χ4n) is 2.25. The number of alkyl halides is 5. The van der Waals surface area contributed by atoms with E-state index in [9.17, 15) is 22.0 Å². The van der Waals surface area contributed by atoms with Gasteiger partial charge in [-0.3, -0.25) is 0 Å². The zero-order chi connectivity index (χ0) is 18.0. The van der Waals surface area contributed by atoms with Crippen LogP contribution in [0.1, 0.15) is 24.2 Å². The summed E-state index contributed by atoms with van der Waals surface area (Å²) < 4.78 is 63.5. The van der Waals surface area contributed by atoms with Gasteiger partial charge in [-0.05, 0) is 36.2 Å². The molecule has 1 N–H and O–H groups in total. The number of aromatic nitrogens is 4. The minimum atomic E-state index is -4.23. The Balaban J connectivity index is 1.80. The molecule has 0 spiro atoms. The van der Waals surface area contributed by atoms with Crippen LogP contribution in [-0.2, 0) is 6.42 Å². The van der Waals surface area contributed by atoms with E-state index in [1.54, 1.807) is 24.3 Å². The third-order valence-electron chi connectivity index (χ3n) is 3.38. The van der Waals surface area contributed by atoms with E-state index in [2.05, 4.69) is 20.6 Å². The summed E-state index contributed by atoms with van der Waals surface area (Å²) in [6, 6.07) is 9.36. The molecule has 0 aliphatic rings. The first-order chi connectivity index (χ1) is 11.8. The molecule has 0 radical (unpaired) electrons. The van der Waals surface area contributed by atoms with Gasteiger partial charge in [0.2, 0.25) is 5.82 Å². The SMILES string of the molecule is FC(F)c1nnc2ccc(Nc3cccc(CCC(F)(F)F)c3)nn12. The highest BCUT2D eigenvalue weighted by molar-refractivity contribution is 5.58. The van der Waals surface area contributed by atoms with Gasteiger partial charge in [-0.15, -0.1) is 15.3 Å². The van der Waals surface area contributed by atoms with Crippen LogP contribution in [0.5, 0.6) is 0 Å². The molecule has 3 rings (SSSR count). The van der Waals surface area contributed by atoms with Gasteiger partial charge in [0.25, 0.3) is 6.43 Å². The molecule has 0 saturated carbocycles. The van der Waals surface area contributed by atoms with Crippen LogP contribution in [0.4, 0.5) is 33.5 Å². The number of halogens is 5. The van der Waals surface area contributed by atoms with Gasteiger partial charge in [-0.25, -0.2) is 8.78 Å². The summed E-state index contributed by atoms with van der Waals surface area (Å²) in [5.74, 6) is -0.347. The number of hydrogen-bond acceptors (Lipinski definition) is 4. The molecule has 3 aromatic rings. The van der Waals surface area contributed by atoms with Gasteiger partial charge in [0.05, 0.1) is 0 Å². The standard InChI is InChI=1S/C15H12F5N5/c16-13(17)14-23-22-12-5-4-11(24-25(12)14)21-10-3-1-2-9(8-10)6-7-15(18,19)20/h1-5,8,13H,6-7H2,(H,21,24). The van der Waals surface area contributed by atoms with Crippen molar-refractivity contribution in [2.45, 2.75) is 25.4 Å². The number of nitrogens with zero attached hydrogens (tertiary/aromatic N) is 4. The van der Waals surface area contributed by atoms with Crippen LogP contribution in [0, 0.1) is 0 Å². The van der Waals surface area contributed by atoms with Crippen LogP contribution >= 0.6 is 0 Å². The lowest BCUT2D eigenvalue weighted by molar-refractivity contribution is -0.133. The van der Waals surface area contributed by atoms with Crippen molar-refractivity contribution < 1.29 is 22.0 Å². The molecular formula is C15H12F5N5. The molecule has 0 atom stereocenters. The zero-order valence-electron chi connectivity index (χ0n) is 12.6. The Morgan fingerprint density at radius 2 is 1.88 bits per heavy atom. The maximum absolute atomic E-state index is 12.8. The number of fused-ring (bicyclic) bond motifs is 1. The molecule has 5 nitrogen and oxygen atoms in total. The summed E-state index contributed by atoms with van der Waals surface area (Å²) in [6.07, 6.45) is -8.12. The third-order valence-corrected chi connectivity index (χ3v) is 3.38. The van der Waals surface area contributed by atoms with E-state index in [0.717, 1.165) is 4.52 Å². The first-order valence-corrected chi connectivity index (χ1v) is 7.25. The molecule has 0 fully saturated rings. The Hall–Kier alpha value is -2.78. The number of benzene rings is 1. The van der Waals surface area contributed by atoms with Gasteiger partial charge < -0.3 is 5.32 Å². The predicted octanol–water partition coefficient (Wildman–Crippen LogP) is 4.30. The lowest BCUT2D eigenvalue weighted by Crippen LogP contribution is -2.08. The zero-order valence-corrected chi connectivity index (χ0v) is 12.6. The predicted molar refractivity (Wildman–Crippen MR) is 79.8 cm³/mol. The average Bonchev–Trinajstić information content (AvgIpc) is 2.96. The molecule has 1 aromatic carbocycles. The fourth-order valence-corrected chi connectivity index (χ4v) is 2.25. The van der Waals surface area contributed by atoms with E-state index < -0.39 is 24.8 Å². The summed E-state index contributed by atoms with van der Waals surface area (Å²) in [4.78, 5) is 0. The molecule has 0 amide bonds. The van der Waals surface area contributed by atoms with Gasteiger partial charge in [-0.1, -0.05) is 12.1 Å². The summed E-state index contributed by atoms with van der Waals surface area (Å²) >= 11 is 0. The highest BCUT2D eigenvalue weighted by Gasteiger charge is 2.26. The van der Waals surface area contributed by atoms with Crippen molar-refractivity contribution in [1.29, 1.82) is 0 Å². The summed E-state index contributed by atoms with van der Waals surface area (Å²) in [5.41, 5.74) is 1.17. The van der Waals surface area contributed by atoms with E-state index in [-0.39, 0.29) is 17.9 Å². The maximum atomic E-state index is 12.8. The minimum absolute atomic E-state index is 0.146. The molecule has 2 heterocycles. The Bertz CT molecular complexity index is 874. The fraction of sp³-hybridized carbons (Fsp3) is 0.267. The van der Waals surface area contributed by atoms with Crippen molar-refractivity contribution in [1.82, 2.24) is 19.8 Å². The second-order valence-electron chi connectivity index (χ2n) is 5.29. The Morgan fingerprint density at radius 3 is 2.60 bits per heavy atom. The molecule has 0 unspecified atom stereocenters. The summed E-state index contributed by atoms with van der Waals surface area (Å²) in [7, 11) is 0. The number of anilines is 2. The lowest BCUT2D eigenvalue weighted by atomic mass is 10.1. The van der Waals surface area contributed by atoms with Crippen molar-refractivity contribution in [2.75, 3.05) is 5.32 Å². The molecule has 0 aliphatic carbocycles. The summed E-state index contributed by atoms with van der Waals surface area (Å²) in [6.45, 7) is 0. The van der Waals surface area contributed by atoms with Crippen LogP contribution in [0.2, 0.25) is 0 Å². The maximum Gasteiger partial charge on any atom is 0.389 e. The first-order valence-electron chi connectivity index (χ1n) is 7.25.